The van der Waals surface area contributed by atoms with Crippen LogP contribution in [0.1, 0.15) is 27.7 Å². The van der Waals surface area contributed by atoms with Crippen molar-refractivity contribution in [1.82, 2.24) is 5.32 Å². The Morgan fingerprint density at radius 3 is 2.40 bits per heavy atom. The zero-order valence-corrected chi connectivity index (χ0v) is 14.9. The third-order valence-electron chi connectivity index (χ3n) is 3.53. The highest BCUT2D eigenvalue weighted by molar-refractivity contribution is 7.12. The van der Waals surface area contributed by atoms with E-state index in [-0.39, 0.29) is 12.3 Å². The van der Waals surface area contributed by atoms with Crippen molar-refractivity contribution in [2.75, 3.05) is 21.3 Å². The fraction of sp³-hybridized carbons (Fsp3) is 0.294. The number of nitrogens with one attached hydrogen (secondary N) is 1. The second-order valence-electron chi connectivity index (χ2n) is 5.09. The number of carboxylic acids is 1. The van der Waals surface area contributed by atoms with E-state index in [0.29, 0.717) is 27.7 Å². The molecule has 0 spiro atoms. The number of carbonyl (C=O) groups is 2. The van der Waals surface area contributed by atoms with E-state index in [2.05, 4.69) is 5.32 Å². The smallest absolute Gasteiger partial charge is 0.305 e. The first-order valence-corrected chi connectivity index (χ1v) is 8.23. The number of ether oxygens (including phenoxy) is 3. The van der Waals surface area contributed by atoms with Crippen molar-refractivity contribution < 1.29 is 28.9 Å². The minimum atomic E-state index is -1.02. The van der Waals surface area contributed by atoms with Gasteiger partial charge in [0.1, 0.15) is 5.75 Å². The summed E-state index contributed by atoms with van der Waals surface area (Å²) in [6.07, 6.45) is -0.260. The molecule has 0 bridgehead atoms. The average Bonchev–Trinajstić information content (AvgIpc) is 3.09. The van der Waals surface area contributed by atoms with Gasteiger partial charge < -0.3 is 24.6 Å². The number of carboxylic acid groups (broad SMARTS) is 1. The van der Waals surface area contributed by atoms with Crippen LogP contribution in [-0.4, -0.2) is 38.3 Å². The van der Waals surface area contributed by atoms with E-state index < -0.39 is 12.0 Å². The summed E-state index contributed by atoms with van der Waals surface area (Å²) in [6.45, 7) is 0. The average molecular weight is 365 g/mol. The Bertz CT molecular complexity index is 757. The van der Waals surface area contributed by atoms with Gasteiger partial charge in [0, 0.05) is 11.4 Å². The number of thiophene rings is 1. The molecular formula is C17H19NO6S. The number of hydrogen-bond acceptors (Lipinski definition) is 6. The van der Waals surface area contributed by atoms with E-state index in [1.54, 1.807) is 29.6 Å². The predicted octanol–water partition coefficient (Wildman–Crippen LogP) is 2.72. The van der Waals surface area contributed by atoms with Crippen LogP contribution in [-0.2, 0) is 4.79 Å². The van der Waals surface area contributed by atoms with E-state index in [1.165, 1.54) is 32.7 Å². The monoisotopic (exact) mass is 365 g/mol. The molecule has 1 aromatic heterocycles. The van der Waals surface area contributed by atoms with Gasteiger partial charge in [-0.3, -0.25) is 9.59 Å². The maximum Gasteiger partial charge on any atom is 0.305 e. The molecule has 2 N–H and O–H groups in total. The van der Waals surface area contributed by atoms with Crippen LogP contribution in [0.3, 0.4) is 0 Å². The minimum Gasteiger partial charge on any atom is -0.496 e. The van der Waals surface area contributed by atoms with E-state index in [0.717, 1.165) is 0 Å². The van der Waals surface area contributed by atoms with E-state index >= 15 is 0 Å². The van der Waals surface area contributed by atoms with Gasteiger partial charge in [-0.15, -0.1) is 11.3 Å². The van der Waals surface area contributed by atoms with Crippen molar-refractivity contribution in [3.63, 3.8) is 0 Å². The summed E-state index contributed by atoms with van der Waals surface area (Å²) >= 11 is 1.22. The molecule has 1 atom stereocenters. The van der Waals surface area contributed by atoms with Gasteiger partial charge in [-0.2, -0.15) is 0 Å². The van der Waals surface area contributed by atoms with Gasteiger partial charge in [-0.05, 0) is 17.7 Å². The van der Waals surface area contributed by atoms with E-state index in [9.17, 15) is 14.7 Å². The van der Waals surface area contributed by atoms with E-state index in [4.69, 9.17) is 14.2 Å². The van der Waals surface area contributed by atoms with Gasteiger partial charge in [0.2, 0.25) is 0 Å². The van der Waals surface area contributed by atoms with Crippen LogP contribution in [0.25, 0.3) is 0 Å². The Kier molecular flexibility index (Phi) is 6.24. The standard InChI is InChI=1S/C17H19NO6S/c1-22-11-7-15(25-9-11)17(21)18-12(8-16(19)20)10-4-5-13(23-2)14(6-10)24-3/h4-7,9,12H,8H2,1-3H3,(H,18,21)(H,19,20). The molecule has 2 aromatic rings. The second-order valence-corrected chi connectivity index (χ2v) is 6.00. The lowest BCUT2D eigenvalue weighted by Crippen LogP contribution is -2.29. The molecule has 7 nitrogen and oxygen atoms in total. The van der Waals surface area contributed by atoms with Crippen LogP contribution < -0.4 is 19.5 Å². The maximum atomic E-state index is 12.4. The summed E-state index contributed by atoms with van der Waals surface area (Å²) in [4.78, 5) is 24.1. The maximum absolute atomic E-state index is 12.4. The molecule has 0 saturated carbocycles. The normalized spacial score (nSPS) is 11.5. The van der Waals surface area contributed by atoms with Gasteiger partial charge in [0.15, 0.2) is 11.5 Å². The van der Waals surface area contributed by atoms with Gasteiger partial charge in [-0.25, -0.2) is 0 Å². The SMILES string of the molecule is COc1csc(C(=O)NC(CC(=O)O)c2ccc(OC)c(OC)c2)c1. The van der Waals surface area contributed by atoms with Crippen molar-refractivity contribution in [3.05, 3.63) is 40.1 Å². The van der Waals surface area contributed by atoms with Crippen molar-refractivity contribution in [2.45, 2.75) is 12.5 Å². The van der Waals surface area contributed by atoms with Gasteiger partial charge in [-0.1, -0.05) is 6.07 Å². The molecule has 0 aliphatic carbocycles. The van der Waals surface area contributed by atoms with Gasteiger partial charge >= 0.3 is 5.97 Å². The highest BCUT2D eigenvalue weighted by atomic mass is 32.1. The molecule has 1 unspecified atom stereocenters. The summed E-state index contributed by atoms with van der Waals surface area (Å²) in [6, 6.07) is 5.92. The van der Waals surface area contributed by atoms with Crippen LogP contribution >= 0.6 is 11.3 Å². The molecule has 0 aliphatic rings. The molecular weight excluding hydrogens is 346 g/mol. The number of methoxy groups -OCH3 is 3. The summed E-state index contributed by atoms with van der Waals surface area (Å²) in [7, 11) is 4.52. The first-order valence-electron chi connectivity index (χ1n) is 7.35. The lowest BCUT2D eigenvalue weighted by atomic mass is 10.0. The largest absolute Gasteiger partial charge is 0.496 e. The lowest BCUT2D eigenvalue weighted by Gasteiger charge is -2.18. The number of amides is 1. The van der Waals surface area contributed by atoms with Gasteiger partial charge in [0.05, 0.1) is 38.7 Å². The molecule has 1 aromatic carbocycles. The fourth-order valence-corrected chi connectivity index (χ4v) is 3.03. The third-order valence-corrected chi connectivity index (χ3v) is 4.44. The van der Waals surface area contributed by atoms with Crippen molar-refractivity contribution >= 4 is 23.2 Å². The Labute approximate surface area is 149 Å². The predicted molar refractivity (Wildman–Crippen MR) is 92.9 cm³/mol. The van der Waals surface area contributed by atoms with Crippen LogP contribution in [0.15, 0.2) is 29.6 Å². The second kappa shape index (κ2) is 8.39. The van der Waals surface area contributed by atoms with Crippen LogP contribution in [0.4, 0.5) is 0 Å². The van der Waals surface area contributed by atoms with Crippen LogP contribution in [0, 0.1) is 0 Å². The molecule has 8 heteroatoms. The Morgan fingerprint density at radius 1 is 1.12 bits per heavy atom. The number of rotatable bonds is 8. The molecule has 0 saturated heterocycles. The van der Waals surface area contributed by atoms with Crippen molar-refractivity contribution in [1.29, 1.82) is 0 Å². The Morgan fingerprint density at radius 2 is 1.84 bits per heavy atom. The molecule has 0 aliphatic heterocycles. The van der Waals surface area contributed by atoms with Crippen molar-refractivity contribution in [2.24, 2.45) is 0 Å². The summed E-state index contributed by atoms with van der Waals surface area (Å²) in [5.74, 6) is 0.173. The Balaban J connectivity index is 2.26. The highest BCUT2D eigenvalue weighted by Crippen LogP contribution is 2.31. The molecule has 0 radical (unpaired) electrons. The third kappa shape index (κ3) is 4.63. The van der Waals surface area contributed by atoms with Crippen LogP contribution in [0.5, 0.6) is 17.2 Å². The Hall–Kier alpha value is -2.74. The number of benzene rings is 1. The minimum absolute atomic E-state index is 0.260. The molecule has 134 valence electrons. The highest BCUT2D eigenvalue weighted by Gasteiger charge is 2.21. The number of carbonyl (C=O) groups excluding carboxylic acids is 1. The number of aliphatic carboxylic acids is 1. The number of hydrogen-bond donors (Lipinski definition) is 2. The zero-order valence-electron chi connectivity index (χ0n) is 14.1. The lowest BCUT2D eigenvalue weighted by molar-refractivity contribution is -0.137. The van der Waals surface area contributed by atoms with E-state index in [1.807, 2.05) is 0 Å². The first-order chi connectivity index (χ1) is 12.0. The molecule has 2 rings (SSSR count). The van der Waals surface area contributed by atoms with Gasteiger partial charge in [0.25, 0.3) is 5.91 Å². The first kappa shape index (κ1) is 18.6. The van der Waals surface area contributed by atoms with Crippen LogP contribution in [0.2, 0.25) is 0 Å². The quantitative estimate of drug-likeness (QED) is 0.747. The summed E-state index contributed by atoms with van der Waals surface area (Å²) in [5, 5.41) is 13.6. The molecule has 1 heterocycles. The summed E-state index contributed by atoms with van der Waals surface area (Å²) < 4.78 is 15.5. The fourth-order valence-electron chi connectivity index (χ4n) is 2.27. The molecule has 1 amide bonds. The molecule has 25 heavy (non-hydrogen) atoms. The topological polar surface area (TPSA) is 94.1 Å². The summed E-state index contributed by atoms with van der Waals surface area (Å²) in [5.41, 5.74) is 0.608. The molecule has 0 fully saturated rings. The van der Waals surface area contributed by atoms with Crippen molar-refractivity contribution in [3.8, 4) is 17.2 Å². The zero-order chi connectivity index (χ0) is 18.4.